The number of carbonyl (C=O) groups is 3. The number of carboxylic acid groups (broad SMARTS) is 1. The molecule has 1 heterocycles. The lowest BCUT2D eigenvalue weighted by atomic mass is 10.3. The summed E-state index contributed by atoms with van der Waals surface area (Å²) >= 11 is 1.21. The first-order valence-electron chi connectivity index (χ1n) is 4.79. The minimum atomic E-state index is -0.958. The highest BCUT2D eigenvalue weighted by Crippen LogP contribution is 2.24. The Morgan fingerprint density at radius 1 is 1.69 bits per heavy atom. The van der Waals surface area contributed by atoms with Crippen molar-refractivity contribution in [2.45, 2.75) is 17.7 Å². The molecule has 1 aliphatic rings. The summed E-state index contributed by atoms with van der Waals surface area (Å²) in [5, 5.41) is 11.0. The standard InChI is InChI=1S/C9H14N2O4S/c1-10-5(9(14)15)4-16-6-3-7(12)11(2)8(6)13/h5-6,10H,3-4H2,1-2H3,(H,14,15). The number of nitrogens with zero attached hydrogens (tertiary/aromatic N) is 1. The van der Waals surface area contributed by atoms with Crippen LogP contribution in [0.4, 0.5) is 0 Å². The van der Waals surface area contributed by atoms with Gasteiger partial charge in [0.1, 0.15) is 6.04 Å². The van der Waals surface area contributed by atoms with Gasteiger partial charge in [-0.15, -0.1) is 11.8 Å². The van der Waals surface area contributed by atoms with E-state index in [1.54, 1.807) is 7.05 Å². The van der Waals surface area contributed by atoms with Crippen LogP contribution in [-0.4, -0.2) is 58.9 Å². The van der Waals surface area contributed by atoms with Crippen LogP contribution in [0.5, 0.6) is 0 Å². The monoisotopic (exact) mass is 246 g/mol. The van der Waals surface area contributed by atoms with Gasteiger partial charge in [0.15, 0.2) is 0 Å². The molecule has 0 saturated carbocycles. The van der Waals surface area contributed by atoms with Crippen molar-refractivity contribution >= 4 is 29.5 Å². The molecular formula is C9H14N2O4S. The second-order valence-electron chi connectivity index (χ2n) is 3.50. The van der Waals surface area contributed by atoms with E-state index in [4.69, 9.17) is 5.11 Å². The van der Waals surface area contributed by atoms with E-state index in [1.165, 1.54) is 18.8 Å². The summed E-state index contributed by atoms with van der Waals surface area (Å²) in [5.41, 5.74) is 0. The molecule has 1 fully saturated rings. The van der Waals surface area contributed by atoms with Gasteiger partial charge in [-0.2, -0.15) is 0 Å². The first-order valence-corrected chi connectivity index (χ1v) is 5.84. The molecule has 0 aromatic carbocycles. The van der Waals surface area contributed by atoms with Crippen molar-refractivity contribution in [1.82, 2.24) is 10.2 Å². The Kier molecular flexibility index (Phi) is 4.31. The molecule has 90 valence electrons. The fraction of sp³-hybridized carbons (Fsp3) is 0.667. The van der Waals surface area contributed by atoms with Crippen LogP contribution in [0.15, 0.2) is 0 Å². The molecule has 2 atom stereocenters. The summed E-state index contributed by atoms with van der Waals surface area (Å²) < 4.78 is 0. The van der Waals surface area contributed by atoms with Crippen LogP contribution in [0.3, 0.4) is 0 Å². The fourth-order valence-electron chi connectivity index (χ4n) is 1.34. The molecule has 2 amide bonds. The average Bonchev–Trinajstić information content (AvgIpc) is 2.47. The molecule has 6 nitrogen and oxygen atoms in total. The van der Waals surface area contributed by atoms with Crippen molar-refractivity contribution < 1.29 is 19.5 Å². The minimum Gasteiger partial charge on any atom is -0.480 e. The van der Waals surface area contributed by atoms with Crippen LogP contribution in [-0.2, 0) is 14.4 Å². The van der Waals surface area contributed by atoms with Crippen molar-refractivity contribution in [1.29, 1.82) is 0 Å². The number of nitrogens with one attached hydrogen (secondary N) is 1. The number of carbonyl (C=O) groups excluding carboxylic acids is 2. The van der Waals surface area contributed by atoms with Crippen molar-refractivity contribution in [3.8, 4) is 0 Å². The number of likely N-dealkylation sites (N-methyl/N-ethyl adjacent to an activating group) is 1. The van der Waals surface area contributed by atoms with Crippen LogP contribution >= 0.6 is 11.8 Å². The Morgan fingerprint density at radius 2 is 2.31 bits per heavy atom. The van der Waals surface area contributed by atoms with Crippen LogP contribution in [0.25, 0.3) is 0 Å². The molecule has 0 radical (unpaired) electrons. The molecule has 0 aromatic rings. The zero-order valence-corrected chi connectivity index (χ0v) is 9.91. The number of likely N-dealkylation sites (tertiary alicyclic amines) is 1. The minimum absolute atomic E-state index is 0.163. The van der Waals surface area contributed by atoms with E-state index >= 15 is 0 Å². The van der Waals surface area contributed by atoms with Crippen LogP contribution in [0.1, 0.15) is 6.42 Å². The van der Waals surface area contributed by atoms with Gasteiger partial charge in [0.05, 0.1) is 5.25 Å². The second-order valence-corrected chi connectivity index (χ2v) is 4.73. The number of aliphatic carboxylic acids is 1. The Balaban J connectivity index is 2.47. The lowest BCUT2D eigenvalue weighted by molar-refractivity contribution is -0.139. The highest BCUT2D eigenvalue weighted by molar-refractivity contribution is 8.00. The van der Waals surface area contributed by atoms with E-state index in [0.29, 0.717) is 0 Å². The van der Waals surface area contributed by atoms with Crippen molar-refractivity contribution in [2.24, 2.45) is 0 Å². The second kappa shape index (κ2) is 5.31. The molecule has 0 aliphatic carbocycles. The SMILES string of the molecule is CNC(CSC1CC(=O)N(C)C1=O)C(=O)O. The Hall–Kier alpha value is -1.08. The maximum absolute atomic E-state index is 11.5. The Labute approximate surface area is 97.4 Å². The molecular weight excluding hydrogens is 232 g/mol. The zero-order chi connectivity index (χ0) is 12.3. The first-order chi connectivity index (χ1) is 7.47. The van der Waals surface area contributed by atoms with E-state index in [9.17, 15) is 14.4 Å². The molecule has 1 rings (SSSR count). The normalized spacial score (nSPS) is 22.6. The van der Waals surface area contributed by atoms with Gasteiger partial charge in [-0.3, -0.25) is 19.3 Å². The summed E-state index contributed by atoms with van der Waals surface area (Å²) in [6.07, 6.45) is 0.163. The van der Waals surface area contributed by atoms with Crippen LogP contribution in [0.2, 0.25) is 0 Å². The predicted molar refractivity (Wildman–Crippen MR) is 59.1 cm³/mol. The quantitative estimate of drug-likeness (QED) is 0.614. The summed E-state index contributed by atoms with van der Waals surface area (Å²) in [7, 11) is 2.99. The van der Waals surface area contributed by atoms with Crippen LogP contribution < -0.4 is 5.32 Å². The van der Waals surface area contributed by atoms with Gasteiger partial charge in [0, 0.05) is 19.2 Å². The molecule has 2 unspecified atom stereocenters. The maximum Gasteiger partial charge on any atom is 0.321 e. The van der Waals surface area contributed by atoms with Gasteiger partial charge in [0.25, 0.3) is 0 Å². The third-order valence-electron chi connectivity index (χ3n) is 2.45. The average molecular weight is 246 g/mol. The highest BCUT2D eigenvalue weighted by Gasteiger charge is 2.36. The number of rotatable bonds is 5. The van der Waals surface area contributed by atoms with Crippen molar-refractivity contribution in [2.75, 3.05) is 19.8 Å². The molecule has 0 spiro atoms. The van der Waals surface area contributed by atoms with E-state index in [0.717, 1.165) is 4.90 Å². The zero-order valence-electron chi connectivity index (χ0n) is 9.10. The van der Waals surface area contributed by atoms with E-state index in [-0.39, 0.29) is 24.0 Å². The molecule has 2 N–H and O–H groups in total. The van der Waals surface area contributed by atoms with Crippen LogP contribution in [0, 0.1) is 0 Å². The van der Waals surface area contributed by atoms with Gasteiger partial charge in [0.2, 0.25) is 11.8 Å². The van der Waals surface area contributed by atoms with Gasteiger partial charge >= 0.3 is 5.97 Å². The third kappa shape index (κ3) is 2.73. The Bertz CT molecular complexity index is 321. The summed E-state index contributed by atoms with van der Waals surface area (Å²) in [6.45, 7) is 0. The summed E-state index contributed by atoms with van der Waals surface area (Å²) in [6, 6.07) is -0.696. The number of hydrogen-bond acceptors (Lipinski definition) is 5. The fourth-order valence-corrected chi connectivity index (χ4v) is 2.64. The van der Waals surface area contributed by atoms with E-state index < -0.39 is 17.3 Å². The maximum atomic E-state index is 11.5. The third-order valence-corrected chi connectivity index (χ3v) is 3.75. The number of carboxylic acids is 1. The smallest absolute Gasteiger partial charge is 0.321 e. The largest absolute Gasteiger partial charge is 0.480 e. The number of amides is 2. The van der Waals surface area contributed by atoms with Crippen molar-refractivity contribution in [3.63, 3.8) is 0 Å². The summed E-state index contributed by atoms with van der Waals surface area (Å²) in [5.74, 6) is -1.14. The molecule has 7 heteroatoms. The molecule has 0 bridgehead atoms. The first kappa shape index (κ1) is 13.0. The lowest BCUT2D eigenvalue weighted by Gasteiger charge is -2.13. The lowest BCUT2D eigenvalue weighted by Crippen LogP contribution is -2.37. The Morgan fingerprint density at radius 3 is 2.69 bits per heavy atom. The van der Waals surface area contributed by atoms with E-state index in [2.05, 4.69) is 5.32 Å². The molecule has 16 heavy (non-hydrogen) atoms. The number of imide groups is 1. The van der Waals surface area contributed by atoms with Gasteiger partial charge in [-0.25, -0.2) is 0 Å². The van der Waals surface area contributed by atoms with E-state index in [1.807, 2.05) is 0 Å². The van der Waals surface area contributed by atoms with Gasteiger partial charge < -0.3 is 10.4 Å². The molecule has 1 saturated heterocycles. The number of thioether (sulfide) groups is 1. The highest BCUT2D eigenvalue weighted by atomic mass is 32.2. The van der Waals surface area contributed by atoms with Gasteiger partial charge in [-0.05, 0) is 7.05 Å². The molecule has 1 aliphatic heterocycles. The van der Waals surface area contributed by atoms with Gasteiger partial charge in [-0.1, -0.05) is 0 Å². The summed E-state index contributed by atoms with van der Waals surface area (Å²) in [4.78, 5) is 34.5. The number of hydrogen-bond donors (Lipinski definition) is 2. The predicted octanol–water partition coefficient (Wildman–Crippen LogP) is -0.850. The molecule has 0 aromatic heterocycles. The van der Waals surface area contributed by atoms with Crippen molar-refractivity contribution in [3.05, 3.63) is 0 Å². The topological polar surface area (TPSA) is 86.7 Å².